The molecule has 53 heavy (non-hydrogen) atoms. The summed E-state index contributed by atoms with van der Waals surface area (Å²) >= 11 is 0. The Balaban J connectivity index is 1.78. The Morgan fingerprint density at radius 2 is 1.60 bits per heavy atom. The molecule has 1 saturated heterocycles. The summed E-state index contributed by atoms with van der Waals surface area (Å²) in [4.78, 5) is 50.6. The summed E-state index contributed by atoms with van der Waals surface area (Å²) in [5.41, 5.74) is -3.18. The van der Waals surface area contributed by atoms with Gasteiger partial charge in [0.15, 0.2) is 17.8 Å². The number of aliphatic hydroxyl groups is 1. The number of carbonyl (C=O) groups excluding carboxylic acids is 2. The van der Waals surface area contributed by atoms with Crippen molar-refractivity contribution in [3.63, 3.8) is 0 Å². The lowest BCUT2D eigenvalue weighted by molar-refractivity contribution is -0.126. The van der Waals surface area contributed by atoms with E-state index in [1.54, 1.807) is 52.8 Å². The van der Waals surface area contributed by atoms with E-state index in [4.69, 9.17) is 13.9 Å². The maximum Gasteiger partial charge on any atom is 0.408 e. The van der Waals surface area contributed by atoms with Gasteiger partial charge in [0.2, 0.25) is 0 Å². The number of hydrogen-bond donors (Lipinski definition) is 2. The number of benzene rings is 2. The molecule has 0 bridgehead atoms. The average molecular weight is 748 g/mol. The third-order valence-electron chi connectivity index (χ3n) is 9.48. The lowest BCUT2D eigenvalue weighted by Crippen LogP contribution is -2.67. The largest absolute Gasteiger partial charge is 0.444 e. The van der Waals surface area contributed by atoms with Crippen molar-refractivity contribution < 1.29 is 28.6 Å². The van der Waals surface area contributed by atoms with Crippen LogP contribution in [-0.2, 0) is 18.7 Å². The van der Waals surface area contributed by atoms with Crippen LogP contribution in [0.5, 0.6) is 0 Å². The number of aromatic nitrogens is 2. The number of aliphatic imine (C=N–C) groups is 1. The first-order chi connectivity index (χ1) is 24.7. The molecule has 1 aliphatic heterocycles. The molecule has 0 radical (unpaired) electrons. The third-order valence-corrected chi connectivity index (χ3v) is 14.5. The van der Waals surface area contributed by atoms with E-state index in [0.717, 1.165) is 10.4 Å². The van der Waals surface area contributed by atoms with Crippen LogP contribution in [0.2, 0.25) is 5.04 Å². The van der Waals surface area contributed by atoms with E-state index >= 15 is 0 Å². The van der Waals surface area contributed by atoms with Crippen LogP contribution in [0.25, 0.3) is 0 Å². The molecule has 4 unspecified atom stereocenters. The van der Waals surface area contributed by atoms with E-state index in [0.29, 0.717) is 0 Å². The standard InChI is InChI=1S/C40H57N5O7Si/c1-27(2)34(43-37(48)52-38(3,4)5)31(46)24-30-32(51-35(40(30,9)49)45-23-22-33(42-36(45)47)41-26-44(10)11)25-50-53(39(6,7)8,28-18-14-12-15-19-28)29-20-16-13-17-21-29/h12-23,26-27,30,32,34-35,49H,24-25H2,1-11H3,(H,43,48)/t30?,32?,34-,35?,40?/m0/s1. The minimum absolute atomic E-state index is 0.0110. The Morgan fingerprint density at radius 3 is 2.08 bits per heavy atom. The van der Waals surface area contributed by atoms with Gasteiger partial charge in [-0.1, -0.05) is 95.3 Å². The van der Waals surface area contributed by atoms with E-state index < -0.39 is 55.6 Å². The Morgan fingerprint density at radius 1 is 1.04 bits per heavy atom. The normalized spacial score (nSPS) is 21.5. The predicted molar refractivity (Wildman–Crippen MR) is 210 cm³/mol. The van der Waals surface area contributed by atoms with Crippen molar-refractivity contribution in [3.8, 4) is 0 Å². The summed E-state index contributed by atoms with van der Waals surface area (Å²) < 4.78 is 20.6. The van der Waals surface area contributed by atoms with E-state index in [1.165, 1.54) is 17.1 Å². The average Bonchev–Trinajstić information content (AvgIpc) is 3.30. The lowest BCUT2D eigenvalue weighted by Gasteiger charge is -2.43. The summed E-state index contributed by atoms with van der Waals surface area (Å²) in [6.45, 7) is 17.0. The zero-order chi connectivity index (χ0) is 39.4. The third kappa shape index (κ3) is 9.69. The number of nitrogens with zero attached hydrogens (tertiary/aromatic N) is 4. The van der Waals surface area contributed by atoms with Gasteiger partial charge in [0.1, 0.15) is 11.2 Å². The molecule has 1 amide bonds. The monoisotopic (exact) mass is 747 g/mol. The molecule has 1 aliphatic rings. The number of hydrogen-bond acceptors (Lipinski definition) is 9. The maximum atomic E-state index is 14.2. The van der Waals surface area contributed by atoms with Gasteiger partial charge >= 0.3 is 11.8 Å². The summed E-state index contributed by atoms with van der Waals surface area (Å²) in [6, 6.07) is 20.9. The predicted octanol–water partition coefficient (Wildman–Crippen LogP) is 4.81. The zero-order valence-corrected chi connectivity index (χ0v) is 34.0. The highest BCUT2D eigenvalue weighted by molar-refractivity contribution is 6.99. The van der Waals surface area contributed by atoms with Gasteiger partial charge in [-0.05, 0) is 55.1 Å². The van der Waals surface area contributed by atoms with Crippen molar-refractivity contribution in [1.29, 1.82) is 0 Å². The molecule has 13 heteroatoms. The smallest absolute Gasteiger partial charge is 0.408 e. The van der Waals surface area contributed by atoms with Gasteiger partial charge in [0, 0.05) is 32.6 Å². The molecule has 2 N–H and O–H groups in total. The number of Topliss-reactive ketones (excluding diaryl/α,β-unsaturated/α-hetero) is 1. The molecule has 4 rings (SSSR count). The van der Waals surface area contributed by atoms with Crippen LogP contribution >= 0.6 is 0 Å². The van der Waals surface area contributed by atoms with Crippen LogP contribution in [0.4, 0.5) is 10.6 Å². The quantitative estimate of drug-likeness (QED) is 0.143. The van der Waals surface area contributed by atoms with Crippen molar-refractivity contribution in [1.82, 2.24) is 19.8 Å². The fourth-order valence-electron chi connectivity index (χ4n) is 6.99. The molecule has 288 valence electrons. The number of ether oxygens (including phenoxy) is 2. The van der Waals surface area contributed by atoms with Crippen molar-refractivity contribution >= 4 is 42.7 Å². The second-order valence-corrected chi connectivity index (χ2v) is 20.9. The Hall–Kier alpha value is -4.17. The summed E-state index contributed by atoms with van der Waals surface area (Å²) in [5.74, 6) is -1.25. The van der Waals surface area contributed by atoms with Gasteiger partial charge in [-0.15, -0.1) is 0 Å². The summed E-state index contributed by atoms with van der Waals surface area (Å²) in [6.07, 6.45) is 0.0828. The number of nitrogens with one attached hydrogen (secondary N) is 1. The fourth-order valence-corrected chi connectivity index (χ4v) is 11.6. The Kier molecular flexibility index (Phi) is 12.9. The molecule has 1 fully saturated rings. The van der Waals surface area contributed by atoms with Gasteiger partial charge < -0.3 is 29.2 Å². The zero-order valence-electron chi connectivity index (χ0n) is 33.0. The summed E-state index contributed by atoms with van der Waals surface area (Å²) in [5, 5.41) is 16.9. The van der Waals surface area contributed by atoms with Crippen LogP contribution in [0, 0.1) is 11.8 Å². The molecule has 5 atom stereocenters. The number of ketones is 1. The summed E-state index contributed by atoms with van der Waals surface area (Å²) in [7, 11) is 0.530. The number of amides is 1. The maximum absolute atomic E-state index is 14.2. The van der Waals surface area contributed by atoms with Gasteiger partial charge in [0.25, 0.3) is 8.32 Å². The van der Waals surface area contributed by atoms with Crippen LogP contribution in [0.3, 0.4) is 0 Å². The van der Waals surface area contributed by atoms with Crippen LogP contribution in [-0.4, -0.2) is 90.1 Å². The highest BCUT2D eigenvalue weighted by atomic mass is 28.4. The van der Waals surface area contributed by atoms with E-state index in [2.05, 4.69) is 60.3 Å². The number of rotatable bonds is 13. The first-order valence-electron chi connectivity index (χ1n) is 18.1. The highest BCUT2D eigenvalue weighted by Gasteiger charge is 2.57. The topological polar surface area (TPSA) is 145 Å². The highest BCUT2D eigenvalue weighted by Crippen LogP contribution is 2.45. The molecular formula is C40H57N5O7Si. The van der Waals surface area contributed by atoms with Crippen molar-refractivity contribution in [2.75, 3.05) is 20.7 Å². The van der Waals surface area contributed by atoms with Gasteiger partial charge in [-0.2, -0.15) is 4.98 Å². The van der Waals surface area contributed by atoms with Crippen LogP contribution in [0.15, 0.2) is 82.7 Å². The molecule has 0 aliphatic carbocycles. The van der Waals surface area contributed by atoms with Crippen molar-refractivity contribution in [2.45, 2.75) is 103 Å². The van der Waals surface area contributed by atoms with E-state index in [9.17, 15) is 19.5 Å². The minimum Gasteiger partial charge on any atom is -0.444 e. The number of alkyl carbamates (subject to hydrolysis) is 1. The second kappa shape index (κ2) is 16.5. The number of carbonyl (C=O) groups is 2. The Labute approximate surface area is 314 Å². The molecule has 2 heterocycles. The molecule has 0 spiro atoms. The molecule has 12 nitrogen and oxygen atoms in total. The molecule has 1 aromatic heterocycles. The van der Waals surface area contributed by atoms with Gasteiger partial charge in [0.05, 0.1) is 25.1 Å². The first-order valence-corrected chi connectivity index (χ1v) is 20.0. The molecule has 0 saturated carbocycles. The lowest BCUT2D eigenvalue weighted by atomic mass is 9.80. The van der Waals surface area contributed by atoms with E-state index in [-0.39, 0.29) is 35.6 Å². The molecule has 3 aromatic rings. The van der Waals surface area contributed by atoms with E-state index in [1.807, 2.05) is 50.2 Å². The molecular weight excluding hydrogens is 691 g/mol. The first kappa shape index (κ1) is 41.6. The van der Waals surface area contributed by atoms with Crippen LogP contribution in [0.1, 0.15) is 75.0 Å². The second-order valence-electron chi connectivity index (χ2n) is 16.6. The van der Waals surface area contributed by atoms with Gasteiger partial charge in [-0.3, -0.25) is 9.36 Å². The van der Waals surface area contributed by atoms with Crippen LogP contribution < -0.4 is 21.4 Å². The SMILES string of the molecule is CC(C)[C@H](NC(=O)OC(C)(C)C)C(=O)CC1C(CO[Si](c2ccccc2)(c2ccccc2)C(C)(C)C)OC(n2ccc(N=CN(C)C)nc2=O)C1(C)O. The fraction of sp³-hybridized carbons (Fsp3) is 0.525. The minimum atomic E-state index is -3.08. The van der Waals surface area contributed by atoms with Crippen molar-refractivity contribution in [3.05, 3.63) is 83.4 Å². The van der Waals surface area contributed by atoms with Gasteiger partial charge in [-0.25, -0.2) is 14.6 Å². The van der Waals surface area contributed by atoms with Crippen molar-refractivity contribution in [2.24, 2.45) is 16.8 Å². The Bertz CT molecular complexity index is 1740. The molecule has 2 aromatic carbocycles.